The van der Waals surface area contributed by atoms with E-state index in [1.807, 2.05) is 6.08 Å². The molecular formula is C19H30O. The summed E-state index contributed by atoms with van der Waals surface area (Å²) in [6, 6.07) is 4.18. The summed E-state index contributed by atoms with van der Waals surface area (Å²) in [5, 5.41) is 2.60. The Hall–Kier alpha value is -1.50. The van der Waals surface area contributed by atoms with Gasteiger partial charge < -0.3 is 4.74 Å². The lowest BCUT2D eigenvalue weighted by Gasteiger charge is -2.09. The smallest absolute Gasteiger partial charge is 0.122 e. The van der Waals surface area contributed by atoms with E-state index in [0.717, 1.165) is 25.0 Å². The Bertz CT molecular complexity index is 497. The second-order valence-corrected chi connectivity index (χ2v) is 4.68. The van der Waals surface area contributed by atoms with E-state index in [1.165, 1.54) is 22.4 Å². The normalized spacial score (nSPS) is 11.8. The van der Waals surface area contributed by atoms with Crippen molar-refractivity contribution in [3.8, 4) is 5.75 Å². The number of benzene rings is 1. The molecule has 0 N–H and O–H groups in total. The van der Waals surface area contributed by atoms with E-state index in [2.05, 4.69) is 58.6 Å². The van der Waals surface area contributed by atoms with Gasteiger partial charge in [0.25, 0.3) is 0 Å². The van der Waals surface area contributed by atoms with Gasteiger partial charge in [0, 0.05) is 5.56 Å². The van der Waals surface area contributed by atoms with Gasteiger partial charge in [0.05, 0.1) is 7.11 Å². The summed E-state index contributed by atoms with van der Waals surface area (Å²) in [6.07, 6.45) is 10.6. The largest absolute Gasteiger partial charge is 0.496 e. The van der Waals surface area contributed by atoms with Crippen molar-refractivity contribution in [3.05, 3.63) is 40.8 Å². The maximum absolute atomic E-state index is 5.46. The summed E-state index contributed by atoms with van der Waals surface area (Å²) in [7, 11) is 1.73. The third-order valence-corrected chi connectivity index (χ3v) is 2.89. The number of hydrogen-bond acceptors (Lipinski definition) is 1. The molecule has 0 radical (unpaired) electrons. The molecule has 0 heterocycles. The van der Waals surface area contributed by atoms with Gasteiger partial charge in [-0.2, -0.15) is 0 Å². The zero-order chi connectivity index (χ0) is 15.4. The minimum Gasteiger partial charge on any atom is -0.496 e. The SMILES string of the molecule is C=CCCc1c(OC)ccc(=C/C)/c1=C\CC.CCC. The lowest BCUT2D eigenvalue weighted by atomic mass is 10.0. The molecule has 0 aromatic heterocycles. The van der Waals surface area contributed by atoms with Crippen LogP contribution in [-0.4, -0.2) is 7.11 Å². The highest BCUT2D eigenvalue weighted by atomic mass is 16.5. The van der Waals surface area contributed by atoms with E-state index >= 15 is 0 Å². The zero-order valence-corrected chi connectivity index (χ0v) is 13.8. The van der Waals surface area contributed by atoms with Crippen LogP contribution in [0.3, 0.4) is 0 Å². The standard InChI is InChI=1S/C16H22O.C3H8/c1-5-8-10-15-14(9-6-2)13(7-3)11-12-16(15)17-4;1-3-2/h5,7,9,11-12H,1,6,8,10H2,2-4H3;3H2,1-2H3/b13-7-,14-9+;. The van der Waals surface area contributed by atoms with Gasteiger partial charge in [-0.1, -0.05) is 51.5 Å². The lowest BCUT2D eigenvalue weighted by Crippen LogP contribution is -2.28. The third-order valence-electron chi connectivity index (χ3n) is 2.89. The second-order valence-electron chi connectivity index (χ2n) is 4.68. The van der Waals surface area contributed by atoms with Gasteiger partial charge in [-0.3, -0.25) is 0 Å². The summed E-state index contributed by atoms with van der Waals surface area (Å²) in [5.41, 5.74) is 1.30. The summed E-state index contributed by atoms with van der Waals surface area (Å²) >= 11 is 0. The summed E-state index contributed by atoms with van der Waals surface area (Å²) in [6.45, 7) is 12.3. The minimum atomic E-state index is 0.980. The fourth-order valence-electron chi connectivity index (χ4n) is 2.06. The molecule has 1 nitrogen and oxygen atoms in total. The van der Waals surface area contributed by atoms with Crippen LogP contribution in [0.25, 0.3) is 12.2 Å². The molecular weight excluding hydrogens is 244 g/mol. The van der Waals surface area contributed by atoms with Gasteiger partial charge in [-0.05, 0) is 42.7 Å². The van der Waals surface area contributed by atoms with Crippen LogP contribution in [-0.2, 0) is 6.42 Å². The van der Waals surface area contributed by atoms with Gasteiger partial charge in [-0.15, -0.1) is 6.58 Å². The molecule has 1 aromatic rings. The highest BCUT2D eigenvalue weighted by Gasteiger charge is 2.04. The Kier molecular flexibility index (Phi) is 10.5. The molecule has 1 heteroatoms. The molecule has 112 valence electrons. The summed E-state index contributed by atoms with van der Waals surface area (Å²) < 4.78 is 5.46. The zero-order valence-electron chi connectivity index (χ0n) is 13.8. The van der Waals surface area contributed by atoms with Crippen LogP contribution >= 0.6 is 0 Å². The monoisotopic (exact) mass is 274 g/mol. The van der Waals surface area contributed by atoms with E-state index < -0.39 is 0 Å². The van der Waals surface area contributed by atoms with Crippen molar-refractivity contribution >= 4 is 12.2 Å². The molecule has 0 saturated heterocycles. The van der Waals surface area contributed by atoms with Gasteiger partial charge in [0.2, 0.25) is 0 Å². The van der Waals surface area contributed by atoms with Gasteiger partial charge >= 0.3 is 0 Å². The van der Waals surface area contributed by atoms with E-state index in [9.17, 15) is 0 Å². The van der Waals surface area contributed by atoms with E-state index in [1.54, 1.807) is 7.11 Å². The molecule has 0 amide bonds. The first-order chi connectivity index (χ1) is 9.69. The number of ether oxygens (including phenoxy) is 1. The topological polar surface area (TPSA) is 9.23 Å². The molecule has 0 aliphatic rings. The Labute approximate surface area is 124 Å². The third kappa shape index (κ3) is 5.64. The van der Waals surface area contributed by atoms with Crippen LogP contribution in [0.4, 0.5) is 0 Å². The quantitative estimate of drug-likeness (QED) is 0.730. The minimum absolute atomic E-state index is 0.980. The number of rotatable bonds is 5. The first-order valence-electron chi connectivity index (χ1n) is 7.63. The predicted octanol–water partition coefficient (Wildman–Crippen LogP) is 4.22. The Morgan fingerprint density at radius 3 is 2.30 bits per heavy atom. The fraction of sp³-hybridized carbons (Fsp3) is 0.474. The molecule has 20 heavy (non-hydrogen) atoms. The van der Waals surface area contributed by atoms with Crippen LogP contribution in [0, 0.1) is 0 Å². The fourth-order valence-corrected chi connectivity index (χ4v) is 2.06. The van der Waals surface area contributed by atoms with E-state index in [0.29, 0.717) is 0 Å². The van der Waals surface area contributed by atoms with Crippen LogP contribution in [0.5, 0.6) is 5.75 Å². The molecule has 1 rings (SSSR count). The van der Waals surface area contributed by atoms with Crippen molar-refractivity contribution in [1.29, 1.82) is 0 Å². The average Bonchev–Trinajstić information content (AvgIpc) is 2.46. The Morgan fingerprint density at radius 1 is 1.20 bits per heavy atom. The summed E-state index contributed by atoms with van der Waals surface area (Å²) in [4.78, 5) is 0. The van der Waals surface area contributed by atoms with Crippen molar-refractivity contribution in [3.63, 3.8) is 0 Å². The van der Waals surface area contributed by atoms with Gasteiger partial charge in [0.15, 0.2) is 0 Å². The molecule has 0 atom stereocenters. The maximum atomic E-state index is 5.46. The first-order valence-corrected chi connectivity index (χ1v) is 7.63. The van der Waals surface area contributed by atoms with Gasteiger partial charge in [0.1, 0.15) is 5.75 Å². The van der Waals surface area contributed by atoms with Crippen LogP contribution in [0.1, 0.15) is 52.5 Å². The van der Waals surface area contributed by atoms with Crippen LogP contribution in [0.2, 0.25) is 0 Å². The summed E-state index contributed by atoms with van der Waals surface area (Å²) in [5.74, 6) is 0.983. The van der Waals surface area contributed by atoms with Crippen LogP contribution < -0.4 is 15.2 Å². The highest BCUT2D eigenvalue weighted by molar-refractivity contribution is 5.43. The van der Waals surface area contributed by atoms with Crippen molar-refractivity contribution in [2.45, 2.75) is 53.4 Å². The molecule has 0 bridgehead atoms. The Morgan fingerprint density at radius 2 is 1.85 bits per heavy atom. The molecule has 1 aromatic carbocycles. The molecule has 0 aliphatic carbocycles. The van der Waals surface area contributed by atoms with Gasteiger partial charge in [-0.25, -0.2) is 0 Å². The molecule has 0 aliphatic heterocycles. The first kappa shape index (κ1) is 18.5. The number of allylic oxidation sites excluding steroid dienone is 1. The maximum Gasteiger partial charge on any atom is 0.122 e. The lowest BCUT2D eigenvalue weighted by molar-refractivity contribution is 0.409. The van der Waals surface area contributed by atoms with Crippen molar-refractivity contribution in [2.75, 3.05) is 7.11 Å². The van der Waals surface area contributed by atoms with Crippen molar-refractivity contribution in [1.82, 2.24) is 0 Å². The Balaban J connectivity index is 0.00000110. The van der Waals surface area contributed by atoms with Crippen molar-refractivity contribution in [2.24, 2.45) is 0 Å². The number of hydrogen-bond donors (Lipinski definition) is 0. The molecule has 0 unspecified atom stereocenters. The molecule has 0 saturated carbocycles. The van der Waals surface area contributed by atoms with Crippen LogP contribution in [0.15, 0.2) is 24.8 Å². The average molecular weight is 274 g/mol. The highest BCUT2D eigenvalue weighted by Crippen LogP contribution is 2.14. The van der Waals surface area contributed by atoms with E-state index in [-0.39, 0.29) is 0 Å². The number of methoxy groups -OCH3 is 1. The predicted molar refractivity (Wildman–Crippen MR) is 91.6 cm³/mol. The van der Waals surface area contributed by atoms with Crippen molar-refractivity contribution < 1.29 is 4.74 Å². The molecule has 0 fully saturated rings. The van der Waals surface area contributed by atoms with E-state index in [4.69, 9.17) is 4.74 Å². The second kappa shape index (κ2) is 11.3. The molecule has 0 spiro atoms.